The lowest BCUT2D eigenvalue weighted by atomic mass is 10.0. The minimum absolute atomic E-state index is 0.149. The molecule has 0 spiro atoms. The lowest BCUT2D eigenvalue weighted by Gasteiger charge is -2.26. The summed E-state index contributed by atoms with van der Waals surface area (Å²) in [6, 6.07) is 0. The Morgan fingerprint density at radius 2 is 0.588 bits per heavy atom. The number of rotatable bonds is 78. The molecule has 564 valence electrons. The molecule has 0 saturated carbocycles. The number of hydrogen-bond acceptors (Lipinski definition) is 8. The van der Waals surface area contributed by atoms with Gasteiger partial charge in [0.05, 0.1) is 40.3 Å². The van der Waals surface area contributed by atoms with E-state index in [-0.39, 0.29) is 32.2 Å². The second kappa shape index (κ2) is 78.2. The fraction of sp³-hybridized carbons (Fsp3) is 0.807. The lowest BCUT2D eigenvalue weighted by molar-refractivity contribution is -0.870. The van der Waals surface area contributed by atoms with Gasteiger partial charge in [0.25, 0.3) is 0 Å². The normalized spacial score (nSPS) is 13.0. The first-order valence-electron chi connectivity index (χ1n) is 41.7. The first kappa shape index (κ1) is 93.5. The predicted octanol–water partition coefficient (Wildman–Crippen LogP) is 25.6. The average Bonchev–Trinajstić information content (AvgIpc) is 3.27. The lowest BCUT2D eigenvalue weighted by Crippen LogP contribution is -2.44. The second-order valence-corrected chi connectivity index (χ2v) is 29.4. The Balaban J connectivity index is 3.94. The number of ether oxygens (including phenoxy) is 4. The van der Waals surface area contributed by atoms with E-state index in [0.717, 1.165) is 77.0 Å². The summed E-state index contributed by atoms with van der Waals surface area (Å²) in [7, 11) is 5.95. The number of nitrogens with zero attached hydrogens (tertiary/aromatic N) is 1. The van der Waals surface area contributed by atoms with Crippen molar-refractivity contribution in [2.45, 2.75) is 411 Å². The van der Waals surface area contributed by atoms with Crippen LogP contribution in [0.25, 0.3) is 0 Å². The van der Waals surface area contributed by atoms with Crippen molar-refractivity contribution >= 4 is 17.9 Å². The van der Waals surface area contributed by atoms with Crippen molar-refractivity contribution < 1.29 is 42.9 Å². The van der Waals surface area contributed by atoms with Crippen molar-refractivity contribution in [3.8, 4) is 0 Å². The molecule has 0 aliphatic carbocycles. The summed E-state index contributed by atoms with van der Waals surface area (Å²) in [6.45, 7) is 4.68. The summed E-state index contributed by atoms with van der Waals surface area (Å²) in [6.07, 6.45) is 104. The second-order valence-electron chi connectivity index (χ2n) is 29.4. The van der Waals surface area contributed by atoms with Gasteiger partial charge in [0.15, 0.2) is 12.4 Å². The molecule has 0 aromatic heterocycles. The molecule has 97 heavy (non-hydrogen) atoms. The van der Waals surface area contributed by atoms with E-state index < -0.39 is 24.3 Å². The van der Waals surface area contributed by atoms with E-state index in [2.05, 4.69) is 98.9 Å². The van der Waals surface area contributed by atoms with Gasteiger partial charge in [0.2, 0.25) is 0 Å². The van der Waals surface area contributed by atoms with Crippen LogP contribution in [0.15, 0.2) is 85.1 Å². The predicted molar refractivity (Wildman–Crippen MR) is 417 cm³/mol. The first-order valence-corrected chi connectivity index (χ1v) is 41.7. The van der Waals surface area contributed by atoms with E-state index in [1.165, 1.54) is 295 Å². The van der Waals surface area contributed by atoms with Crippen molar-refractivity contribution in [1.82, 2.24) is 0 Å². The molecule has 0 aliphatic rings. The van der Waals surface area contributed by atoms with E-state index in [4.69, 9.17) is 18.9 Å². The molecule has 0 bridgehead atoms. The molecule has 0 saturated heterocycles. The van der Waals surface area contributed by atoms with Crippen LogP contribution in [0.4, 0.5) is 0 Å². The zero-order chi connectivity index (χ0) is 70.4. The Morgan fingerprint density at radius 1 is 0.320 bits per heavy atom. The first-order chi connectivity index (χ1) is 47.6. The van der Waals surface area contributed by atoms with E-state index >= 15 is 0 Å². The van der Waals surface area contributed by atoms with Gasteiger partial charge < -0.3 is 33.3 Å². The van der Waals surface area contributed by atoms with Crippen molar-refractivity contribution in [2.75, 3.05) is 47.5 Å². The minimum Gasteiger partial charge on any atom is -0.545 e. The van der Waals surface area contributed by atoms with Gasteiger partial charge in [-0.15, -0.1) is 0 Å². The molecule has 2 unspecified atom stereocenters. The van der Waals surface area contributed by atoms with Crippen molar-refractivity contribution in [2.24, 2.45) is 0 Å². The SMILES string of the molecule is CC/C=C\C/C=C\C/C=C\C/C=C\CCCCCCCCCCCCCCCCCCCCCCCCCCCCCCC(=O)OC(COC(=O)CCCCCCCCCCCCCCCCCC/C=C\C/C=C\C/C=C\CCCCCCC)COC(OCC[N+](C)(C)C)C(=O)[O-]. The number of carbonyl (C=O) groups is 3. The van der Waals surface area contributed by atoms with Crippen molar-refractivity contribution in [1.29, 1.82) is 0 Å². The number of carbonyl (C=O) groups excluding carboxylic acids is 3. The quantitative estimate of drug-likeness (QED) is 0.0195. The molecule has 0 aromatic carbocycles. The van der Waals surface area contributed by atoms with E-state index in [0.29, 0.717) is 17.4 Å². The van der Waals surface area contributed by atoms with Gasteiger partial charge in [-0.3, -0.25) is 9.59 Å². The summed E-state index contributed by atoms with van der Waals surface area (Å²) in [5, 5.41) is 11.9. The van der Waals surface area contributed by atoms with Crippen LogP contribution in [0.5, 0.6) is 0 Å². The zero-order valence-corrected chi connectivity index (χ0v) is 64.7. The molecule has 0 aliphatic heterocycles. The van der Waals surface area contributed by atoms with Gasteiger partial charge >= 0.3 is 11.9 Å². The number of unbranched alkanes of at least 4 members (excludes halogenated alkanes) is 49. The summed E-state index contributed by atoms with van der Waals surface area (Å²) in [5.74, 6) is -2.26. The number of aliphatic carboxylic acids is 1. The van der Waals surface area contributed by atoms with Gasteiger partial charge in [-0.2, -0.15) is 0 Å². The summed E-state index contributed by atoms with van der Waals surface area (Å²) in [5.41, 5.74) is 0. The van der Waals surface area contributed by atoms with Crippen LogP contribution in [0.3, 0.4) is 0 Å². The molecule has 0 heterocycles. The molecule has 0 aromatic rings. The summed E-state index contributed by atoms with van der Waals surface area (Å²) < 4.78 is 22.9. The number of quaternary nitrogens is 1. The third-order valence-electron chi connectivity index (χ3n) is 18.6. The summed E-state index contributed by atoms with van der Waals surface area (Å²) >= 11 is 0. The Morgan fingerprint density at radius 3 is 0.876 bits per heavy atom. The number of carboxylic acid groups (broad SMARTS) is 1. The molecule has 0 amide bonds. The molecule has 0 fully saturated rings. The van der Waals surface area contributed by atoms with Crippen LogP contribution in [0.2, 0.25) is 0 Å². The highest BCUT2D eigenvalue weighted by atomic mass is 16.7. The fourth-order valence-corrected chi connectivity index (χ4v) is 12.3. The molecule has 0 rings (SSSR count). The highest BCUT2D eigenvalue weighted by Crippen LogP contribution is 2.20. The van der Waals surface area contributed by atoms with Crippen LogP contribution in [-0.2, 0) is 33.3 Å². The molecular weight excluding hydrogens is 1200 g/mol. The van der Waals surface area contributed by atoms with Gasteiger partial charge in [-0.05, 0) is 89.9 Å². The van der Waals surface area contributed by atoms with Gasteiger partial charge in [-0.1, -0.05) is 381 Å². The van der Waals surface area contributed by atoms with Crippen LogP contribution < -0.4 is 5.11 Å². The maximum atomic E-state index is 13.0. The largest absolute Gasteiger partial charge is 0.545 e. The van der Waals surface area contributed by atoms with Gasteiger partial charge in [-0.25, -0.2) is 0 Å². The highest BCUT2D eigenvalue weighted by molar-refractivity contribution is 5.70. The Hall–Kier alpha value is -3.53. The Kier molecular flexibility index (Phi) is 75.3. The molecule has 9 heteroatoms. The van der Waals surface area contributed by atoms with Crippen LogP contribution in [-0.4, -0.2) is 82.3 Å². The van der Waals surface area contributed by atoms with Crippen LogP contribution in [0, 0.1) is 0 Å². The maximum Gasteiger partial charge on any atom is 0.306 e. The smallest absolute Gasteiger partial charge is 0.306 e. The molecular formula is C88H159NO8. The molecule has 2 atom stereocenters. The number of allylic oxidation sites excluding steroid dienone is 14. The number of likely N-dealkylation sites (N-methyl/N-ethyl adjacent to an activating group) is 1. The van der Waals surface area contributed by atoms with Gasteiger partial charge in [0, 0.05) is 12.8 Å². The van der Waals surface area contributed by atoms with E-state index in [1.54, 1.807) is 0 Å². The van der Waals surface area contributed by atoms with E-state index in [9.17, 15) is 19.5 Å². The Bertz CT molecular complexity index is 1870. The average molecular weight is 1360 g/mol. The van der Waals surface area contributed by atoms with Crippen molar-refractivity contribution in [3.05, 3.63) is 85.1 Å². The van der Waals surface area contributed by atoms with E-state index in [1.807, 2.05) is 21.1 Å². The third-order valence-corrected chi connectivity index (χ3v) is 18.6. The fourth-order valence-electron chi connectivity index (χ4n) is 12.3. The van der Waals surface area contributed by atoms with Crippen LogP contribution in [0.1, 0.15) is 399 Å². The molecule has 0 radical (unpaired) electrons. The Labute approximate surface area is 601 Å². The monoisotopic (exact) mass is 1360 g/mol. The summed E-state index contributed by atoms with van der Waals surface area (Å²) in [4.78, 5) is 37.6. The molecule has 9 nitrogen and oxygen atoms in total. The standard InChI is InChI=1S/C88H159NO8/c1-6-8-10-12-14-16-18-20-22-24-26-28-30-32-34-36-38-39-40-41-42-43-44-45-46-47-49-51-53-55-57-59-61-63-65-67-69-71-73-75-77-79-86(91)97-84(83-96-88(87(92)93)94-81-80-89(3,4)5)82-95-85(90)78-76-74-72-70-68-66-64-62-60-58-56-54-52-50-48-37-35-33-31-29-27-25-23-21-19-17-15-13-11-9-7-2/h8,10,14,16,19-22,25-28,31,33,84,88H,6-7,9,11-13,15,17-18,23-24,29-30,32,34-83H2,1-5H3/b10-8-,16-14-,21-19-,22-20-,27-25-,28-26-,33-31-. The number of hydrogen-bond donors (Lipinski definition) is 0. The molecule has 0 N–H and O–H groups in total. The van der Waals surface area contributed by atoms with Crippen LogP contribution >= 0.6 is 0 Å². The number of carboxylic acids is 1. The topological polar surface area (TPSA) is 111 Å². The highest BCUT2D eigenvalue weighted by Gasteiger charge is 2.22. The van der Waals surface area contributed by atoms with Crippen molar-refractivity contribution in [3.63, 3.8) is 0 Å². The number of esters is 2. The third kappa shape index (κ3) is 79.7. The van der Waals surface area contributed by atoms with Gasteiger partial charge in [0.1, 0.15) is 13.2 Å². The minimum atomic E-state index is -1.62. The maximum absolute atomic E-state index is 13.0. The zero-order valence-electron chi connectivity index (χ0n) is 64.7.